The molecule has 0 unspecified atom stereocenters. The Morgan fingerprint density at radius 3 is 2.57 bits per heavy atom. The number of amides is 2. The van der Waals surface area contributed by atoms with E-state index in [0.717, 1.165) is 5.39 Å². The first kappa shape index (κ1) is 25.9. The Morgan fingerprint density at radius 2 is 1.89 bits per heavy atom. The van der Waals surface area contributed by atoms with E-state index < -0.39 is 17.9 Å². The van der Waals surface area contributed by atoms with E-state index in [1.54, 1.807) is 50.4 Å². The van der Waals surface area contributed by atoms with Gasteiger partial charge in [0.2, 0.25) is 5.91 Å². The van der Waals surface area contributed by atoms with Crippen LogP contribution in [-0.2, 0) is 11.3 Å². The van der Waals surface area contributed by atoms with Gasteiger partial charge < -0.3 is 35.2 Å². The second-order valence-corrected chi connectivity index (χ2v) is 8.83. The summed E-state index contributed by atoms with van der Waals surface area (Å²) in [5.41, 5.74) is 8.21. The SMILES string of the molecule is COc1ccc2c(C)c(C(=O)O)ccc2c1CN1C(=O)[C@@H](N)COc2c(C(=O)N(C)CCO)cccc21. The number of methoxy groups -OCH3 is 1. The van der Waals surface area contributed by atoms with E-state index in [0.29, 0.717) is 28.0 Å². The number of likely N-dealkylation sites (N-methyl/N-ethyl adjacent to an activating group) is 1. The van der Waals surface area contributed by atoms with E-state index in [9.17, 15) is 24.6 Å². The van der Waals surface area contributed by atoms with Gasteiger partial charge in [0, 0.05) is 19.2 Å². The van der Waals surface area contributed by atoms with Gasteiger partial charge in [0.15, 0.2) is 5.75 Å². The highest BCUT2D eigenvalue weighted by atomic mass is 16.5. The molecule has 2 amide bonds. The number of fused-ring (bicyclic) bond motifs is 2. The van der Waals surface area contributed by atoms with Crippen molar-refractivity contribution in [2.24, 2.45) is 5.73 Å². The molecule has 4 rings (SSSR count). The second kappa shape index (κ2) is 10.5. The number of aliphatic hydroxyl groups excluding tert-OH is 1. The van der Waals surface area contributed by atoms with Crippen LogP contribution >= 0.6 is 0 Å². The van der Waals surface area contributed by atoms with E-state index >= 15 is 0 Å². The number of anilines is 1. The molecule has 0 bridgehead atoms. The fraction of sp³-hybridized carbons (Fsp3) is 0.296. The third-order valence-electron chi connectivity index (χ3n) is 6.59. The standard InChI is InChI=1S/C27H29N3O7/c1-15-16-9-10-23(36-3)20(18(16)8-7-17(15)27(34)35)13-30-22-6-4-5-19(25(32)29(2)11-12-31)24(22)37-14-21(28)26(30)33/h4-10,21,31H,11-14,28H2,1-3H3,(H,34,35)/t21-/m0/s1. The van der Waals surface area contributed by atoms with E-state index in [1.807, 2.05) is 0 Å². The molecular formula is C27H29N3O7. The van der Waals surface area contributed by atoms with Crippen molar-refractivity contribution in [2.45, 2.75) is 19.5 Å². The number of benzene rings is 3. The van der Waals surface area contributed by atoms with Crippen LogP contribution in [0.25, 0.3) is 10.8 Å². The van der Waals surface area contributed by atoms with Crippen LogP contribution in [-0.4, -0.2) is 72.9 Å². The largest absolute Gasteiger partial charge is 0.496 e. The number of aromatic carboxylic acids is 1. The average molecular weight is 508 g/mol. The normalized spacial score (nSPS) is 15.1. The van der Waals surface area contributed by atoms with Gasteiger partial charge in [-0.2, -0.15) is 0 Å². The smallest absolute Gasteiger partial charge is 0.335 e. The summed E-state index contributed by atoms with van der Waals surface area (Å²) < 4.78 is 11.5. The maximum absolute atomic E-state index is 13.4. The number of ether oxygens (including phenoxy) is 2. The first-order valence-electron chi connectivity index (χ1n) is 11.7. The molecule has 10 nitrogen and oxygen atoms in total. The lowest BCUT2D eigenvalue weighted by Gasteiger charge is -2.26. The lowest BCUT2D eigenvalue weighted by molar-refractivity contribution is -0.120. The van der Waals surface area contributed by atoms with Crippen LogP contribution in [0.2, 0.25) is 0 Å². The Morgan fingerprint density at radius 1 is 1.16 bits per heavy atom. The van der Waals surface area contributed by atoms with Crippen molar-refractivity contribution >= 4 is 34.2 Å². The van der Waals surface area contributed by atoms with Gasteiger partial charge in [-0.05, 0) is 47.5 Å². The molecule has 3 aromatic carbocycles. The molecule has 194 valence electrons. The Bertz CT molecular complexity index is 1390. The summed E-state index contributed by atoms with van der Waals surface area (Å²) in [4.78, 5) is 41.0. The third-order valence-corrected chi connectivity index (χ3v) is 6.59. The van der Waals surface area contributed by atoms with Crippen LogP contribution in [0.5, 0.6) is 11.5 Å². The number of carboxylic acids is 1. The van der Waals surface area contributed by atoms with Crippen molar-refractivity contribution in [2.75, 3.05) is 38.8 Å². The monoisotopic (exact) mass is 507 g/mol. The minimum Gasteiger partial charge on any atom is -0.496 e. The highest BCUT2D eigenvalue weighted by Gasteiger charge is 2.33. The Labute approximate surface area is 213 Å². The summed E-state index contributed by atoms with van der Waals surface area (Å²) >= 11 is 0. The molecule has 0 fully saturated rings. The van der Waals surface area contributed by atoms with Crippen LogP contribution in [0.4, 0.5) is 5.69 Å². The van der Waals surface area contributed by atoms with Crippen LogP contribution in [0.1, 0.15) is 31.8 Å². The van der Waals surface area contributed by atoms with E-state index in [-0.39, 0.29) is 49.1 Å². The molecule has 0 spiro atoms. The minimum atomic E-state index is -1.03. The third kappa shape index (κ3) is 4.68. The predicted molar refractivity (Wildman–Crippen MR) is 137 cm³/mol. The van der Waals surface area contributed by atoms with Gasteiger partial charge in [0.05, 0.1) is 37.1 Å². The van der Waals surface area contributed by atoms with Crippen LogP contribution in [0, 0.1) is 6.92 Å². The molecule has 1 atom stereocenters. The Hall–Kier alpha value is -4.15. The van der Waals surface area contributed by atoms with E-state index in [1.165, 1.54) is 23.0 Å². The van der Waals surface area contributed by atoms with Gasteiger partial charge in [0.1, 0.15) is 18.4 Å². The number of carboxylic acid groups (broad SMARTS) is 1. The van der Waals surface area contributed by atoms with Gasteiger partial charge in [-0.3, -0.25) is 9.59 Å². The van der Waals surface area contributed by atoms with Crippen molar-refractivity contribution < 1.29 is 34.1 Å². The number of rotatable bonds is 7. The van der Waals surface area contributed by atoms with Crippen LogP contribution in [0.15, 0.2) is 42.5 Å². The van der Waals surface area contributed by atoms with Crippen LogP contribution < -0.4 is 20.1 Å². The van der Waals surface area contributed by atoms with E-state index in [4.69, 9.17) is 15.2 Å². The number of hydrogen-bond donors (Lipinski definition) is 3. The molecule has 0 radical (unpaired) electrons. The summed E-state index contributed by atoms with van der Waals surface area (Å²) in [7, 11) is 3.09. The molecule has 0 saturated carbocycles. The van der Waals surface area contributed by atoms with Crippen molar-refractivity contribution in [1.29, 1.82) is 0 Å². The van der Waals surface area contributed by atoms with Crippen molar-refractivity contribution in [3.05, 3.63) is 64.7 Å². The molecule has 4 N–H and O–H groups in total. The molecule has 0 aliphatic carbocycles. The highest BCUT2D eigenvalue weighted by Crippen LogP contribution is 2.39. The molecule has 1 aliphatic heterocycles. The first-order valence-corrected chi connectivity index (χ1v) is 11.7. The molecule has 10 heteroatoms. The molecule has 3 aromatic rings. The molecule has 1 heterocycles. The average Bonchev–Trinajstić information content (AvgIpc) is 3.00. The first-order chi connectivity index (χ1) is 17.7. The lowest BCUT2D eigenvalue weighted by atomic mass is 9.95. The molecule has 0 saturated heterocycles. The number of hydrogen-bond acceptors (Lipinski definition) is 7. The Balaban J connectivity index is 1.88. The second-order valence-electron chi connectivity index (χ2n) is 8.83. The van der Waals surface area contributed by atoms with Crippen molar-refractivity contribution in [3.8, 4) is 11.5 Å². The zero-order valence-corrected chi connectivity index (χ0v) is 20.9. The molecule has 1 aliphatic rings. The van der Waals surface area contributed by atoms with Crippen LogP contribution in [0.3, 0.4) is 0 Å². The number of carbonyl (C=O) groups excluding carboxylic acids is 2. The van der Waals surface area contributed by atoms with Gasteiger partial charge >= 0.3 is 5.97 Å². The number of carbonyl (C=O) groups is 3. The zero-order chi connectivity index (χ0) is 26.9. The summed E-state index contributed by atoms with van der Waals surface area (Å²) in [5.74, 6) is -1.06. The number of nitrogens with two attached hydrogens (primary N) is 1. The maximum atomic E-state index is 13.4. The minimum absolute atomic E-state index is 0.0411. The fourth-order valence-electron chi connectivity index (χ4n) is 4.58. The number of aryl methyl sites for hydroxylation is 1. The summed E-state index contributed by atoms with van der Waals surface area (Å²) in [5, 5.41) is 20.3. The molecule has 37 heavy (non-hydrogen) atoms. The molecule has 0 aromatic heterocycles. The summed E-state index contributed by atoms with van der Waals surface area (Å²) in [6, 6.07) is 10.7. The fourth-order valence-corrected chi connectivity index (χ4v) is 4.58. The van der Waals surface area contributed by atoms with Gasteiger partial charge in [-0.15, -0.1) is 0 Å². The predicted octanol–water partition coefficient (Wildman–Crippen LogP) is 2.17. The van der Waals surface area contributed by atoms with Gasteiger partial charge in [-0.1, -0.05) is 18.2 Å². The summed E-state index contributed by atoms with van der Waals surface area (Å²) in [6.07, 6.45) is 0. The van der Waals surface area contributed by atoms with Gasteiger partial charge in [0.25, 0.3) is 5.91 Å². The number of aliphatic hydroxyl groups is 1. The highest BCUT2D eigenvalue weighted by molar-refractivity contribution is 6.05. The lowest BCUT2D eigenvalue weighted by Crippen LogP contribution is -2.45. The van der Waals surface area contributed by atoms with Crippen molar-refractivity contribution in [1.82, 2.24) is 4.90 Å². The van der Waals surface area contributed by atoms with E-state index in [2.05, 4.69) is 0 Å². The molecular weight excluding hydrogens is 478 g/mol. The quantitative estimate of drug-likeness (QED) is 0.442. The summed E-state index contributed by atoms with van der Waals surface area (Å²) in [6.45, 7) is 1.59. The zero-order valence-electron chi connectivity index (χ0n) is 20.9. The Kier molecular flexibility index (Phi) is 7.33. The van der Waals surface area contributed by atoms with Gasteiger partial charge in [-0.25, -0.2) is 4.79 Å². The number of para-hydroxylation sites is 1. The maximum Gasteiger partial charge on any atom is 0.335 e. The number of nitrogens with zero attached hydrogens (tertiary/aromatic N) is 2. The van der Waals surface area contributed by atoms with Crippen molar-refractivity contribution in [3.63, 3.8) is 0 Å². The topological polar surface area (TPSA) is 143 Å².